The van der Waals surface area contributed by atoms with Crippen molar-refractivity contribution in [3.05, 3.63) is 42.1 Å². The van der Waals surface area contributed by atoms with Crippen LogP contribution in [-0.4, -0.2) is 34.9 Å². The zero-order valence-electron chi connectivity index (χ0n) is 19.3. The van der Waals surface area contributed by atoms with Crippen LogP contribution < -0.4 is 0 Å². The number of fused-ring (bicyclic) bond motifs is 3. The fraction of sp³-hybridized carbons (Fsp3) is 0.577. The van der Waals surface area contributed by atoms with E-state index in [1.807, 2.05) is 37.3 Å². The molecule has 2 aromatic rings. The Morgan fingerprint density at radius 3 is 2.85 bits per heavy atom. The second kappa shape index (κ2) is 7.67. The minimum atomic E-state index is -0.845. The van der Waals surface area contributed by atoms with E-state index in [-0.39, 0.29) is 17.8 Å². The van der Waals surface area contributed by atoms with Gasteiger partial charge in [0.15, 0.2) is 11.9 Å². The van der Waals surface area contributed by atoms with Crippen LogP contribution in [0.3, 0.4) is 0 Å². The molecule has 8 atom stereocenters. The predicted molar refractivity (Wildman–Crippen MR) is 120 cm³/mol. The molecule has 7 heteroatoms. The molecule has 1 aromatic heterocycles. The highest BCUT2D eigenvalue weighted by atomic mass is 17.3. The Hall–Kier alpha value is -2.19. The zero-order chi connectivity index (χ0) is 22.8. The van der Waals surface area contributed by atoms with Crippen LogP contribution in [0.15, 0.2) is 36.4 Å². The molecule has 5 aliphatic rings. The molecular weight excluding hydrogens is 422 g/mol. The third-order valence-electron chi connectivity index (χ3n) is 8.28. The molecule has 1 unspecified atom stereocenters. The van der Waals surface area contributed by atoms with E-state index in [4.69, 9.17) is 24.0 Å². The van der Waals surface area contributed by atoms with Crippen LogP contribution in [0.2, 0.25) is 0 Å². The van der Waals surface area contributed by atoms with E-state index in [1.54, 1.807) is 6.08 Å². The second-order valence-electron chi connectivity index (χ2n) is 10.4. The highest BCUT2D eigenvalue weighted by molar-refractivity contribution is 5.89. The van der Waals surface area contributed by atoms with Gasteiger partial charge in [-0.25, -0.2) is 14.6 Å². The highest BCUT2D eigenvalue weighted by Gasteiger charge is 2.69. The summed E-state index contributed by atoms with van der Waals surface area (Å²) in [7, 11) is 0. The Morgan fingerprint density at radius 2 is 2.00 bits per heavy atom. The van der Waals surface area contributed by atoms with Gasteiger partial charge in [-0.1, -0.05) is 32.0 Å². The van der Waals surface area contributed by atoms with E-state index < -0.39 is 29.9 Å². The summed E-state index contributed by atoms with van der Waals surface area (Å²) in [4.78, 5) is 28.0. The number of ether oxygens (including phenoxy) is 3. The molecule has 5 fully saturated rings. The Bertz CT molecular complexity index is 1060. The number of benzene rings is 1. The molecule has 0 radical (unpaired) electrons. The number of hydrogen-bond acceptors (Lipinski definition) is 6. The molecule has 1 saturated carbocycles. The molecule has 1 aromatic carbocycles. The van der Waals surface area contributed by atoms with E-state index in [9.17, 15) is 4.79 Å². The first-order chi connectivity index (χ1) is 15.9. The van der Waals surface area contributed by atoms with Crippen LogP contribution in [0.4, 0.5) is 0 Å². The summed E-state index contributed by atoms with van der Waals surface area (Å²) in [5, 5.41) is 1.09. The molecule has 4 saturated heterocycles. The highest BCUT2D eigenvalue weighted by Crippen LogP contribution is 2.60. The predicted octanol–water partition coefficient (Wildman–Crippen LogP) is 4.93. The van der Waals surface area contributed by atoms with Crippen LogP contribution in [0, 0.1) is 23.7 Å². The number of hydrogen-bond donors (Lipinski definition) is 1. The van der Waals surface area contributed by atoms with Crippen LogP contribution in [0.1, 0.15) is 52.1 Å². The molecular formula is C26H31NO6. The van der Waals surface area contributed by atoms with Crippen LogP contribution >= 0.6 is 0 Å². The van der Waals surface area contributed by atoms with E-state index in [0.29, 0.717) is 5.92 Å². The van der Waals surface area contributed by atoms with Gasteiger partial charge in [0, 0.05) is 35.5 Å². The second-order valence-corrected chi connectivity index (χ2v) is 10.4. The molecule has 5 heterocycles. The molecule has 1 spiro atoms. The summed E-state index contributed by atoms with van der Waals surface area (Å²) in [5.41, 5.74) is 1.21. The van der Waals surface area contributed by atoms with Crippen molar-refractivity contribution in [1.29, 1.82) is 0 Å². The van der Waals surface area contributed by atoms with Crippen molar-refractivity contribution in [2.45, 2.75) is 70.4 Å². The number of para-hydroxylation sites is 1. The summed E-state index contributed by atoms with van der Waals surface area (Å²) in [6, 6.07) is 9.99. The summed E-state index contributed by atoms with van der Waals surface area (Å²) in [6.45, 7) is 6.25. The van der Waals surface area contributed by atoms with Crippen LogP contribution in [-0.2, 0) is 28.8 Å². The lowest BCUT2D eigenvalue weighted by molar-refractivity contribution is -0.576. The number of carbonyl (C=O) groups excluding carboxylic acids is 1. The number of nitrogens with one attached hydrogen (secondary N) is 1. The number of rotatable bonds is 3. The first-order valence-corrected chi connectivity index (χ1v) is 12.0. The van der Waals surface area contributed by atoms with E-state index in [0.717, 1.165) is 42.3 Å². The Kier molecular flexibility index (Phi) is 4.96. The Labute approximate surface area is 193 Å². The van der Waals surface area contributed by atoms with E-state index in [2.05, 4.69) is 18.8 Å². The molecule has 176 valence electrons. The monoisotopic (exact) mass is 453 g/mol. The lowest BCUT2D eigenvalue weighted by atomic mass is 9.58. The number of esters is 1. The molecule has 7 rings (SSSR count). The molecule has 4 aliphatic heterocycles. The molecule has 1 N–H and O–H groups in total. The molecule has 0 amide bonds. The van der Waals surface area contributed by atoms with Crippen molar-refractivity contribution < 1.29 is 28.8 Å². The Morgan fingerprint density at radius 1 is 1.15 bits per heavy atom. The number of aromatic nitrogens is 1. The van der Waals surface area contributed by atoms with E-state index >= 15 is 0 Å². The third kappa shape index (κ3) is 3.36. The maximum atomic E-state index is 12.7. The van der Waals surface area contributed by atoms with Crippen LogP contribution in [0.5, 0.6) is 0 Å². The average molecular weight is 454 g/mol. The van der Waals surface area contributed by atoms with Gasteiger partial charge in [0.2, 0.25) is 12.1 Å². The number of aromatic amines is 1. The van der Waals surface area contributed by atoms with Crippen molar-refractivity contribution in [2.24, 2.45) is 23.7 Å². The van der Waals surface area contributed by atoms with Crippen molar-refractivity contribution in [1.82, 2.24) is 4.98 Å². The lowest BCUT2D eigenvalue weighted by Gasteiger charge is -2.59. The lowest BCUT2D eigenvalue weighted by Crippen LogP contribution is -2.70. The van der Waals surface area contributed by atoms with Gasteiger partial charge < -0.3 is 19.2 Å². The van der Waals surface area contributed by atoms with Crippen molar-refractivity contribution in [3.63, 3.8) is 0 Å². The maximum Gasteiger partial charge on any atom is 0.333 e. The summed E-state index contributed by atoms with van der Waals surface area (Å²) in [5.74, 6) is -0.435. The van der Waals surface area contributed by atoms with Gasteiger partial charge >= 0.3 is 5.97 Å². The number of H-pyrrole nitrogens is 1. The molecule has 1 aliphatic carbocycles. The quantitative estimate of drug-likeness (QED) is 0.403. The average Bonchev–Trinajstić information content (AvgIpc) is 3.08. The van der Waals surface area contributed by atoms with Gasteiger partial charge in [0.1, 0.15) is 0 Å². The topological polar surface area (TPSA) is 79.0 Å². The molecule has 2 bridgehead atoms. The fourth-order valence-corrected chi connectivity index (χ4v) is 6.50. The van der Waals surface area contributed by atoms with Crippen molar-refractivity contribution in [2.75, 3.05) is 0 Å². The number of carbonyl (C=O) groups is 1. The standard InChI is InChI=1S/C26H31NO6/c1-15-8-10-20-16(2)23(30-24-26(20)19(15)12-13-25(3,31-24)32-33-26)29-22(28)11-9-18-14-17-6-4-5-7-21(17)27-18/h4-7,9,11,14-16,19-20,23-24,27H,8,10,12-13H2,1-3H3/b11-9+/t15-,16-,19+,20+,23?,24-,25-,26-/m1/s1. The normalized spacial score (nSPS) is 42.3. The van der Waals surface area contributed by atoms with Gasteiger partial charge in [-0.2, -0.15) is 0 Å². The van der Waals surface area contributed by atoms with Gasteiger partial charge in [0.05, 0.1) is 0 Å². The van der Waals surface area contributed by atoms with E-state index in [1.165, 1.54) is 6.08 Å². The molecule has 7 nitrogen and oxygen atoms in total. The zero-order valence-corrected chi connectivity index (χ0v) is 19.3. The van der Waals surface area contributed by atoms with Gasteiger partial charge in [-0.15, -0.1) is 0 Å². The first kappa shape index (κ1) is 21.4. The summed E-state index contributed by atoms with van der Waals surface area (Å²) < 4.78 is 18.4. The minimum Gasteiger partial charge on any atom is -0.432 e. The first-order valence-electron chi connectivity index (χ1n) is 12.0. The SMILES string of the molecule is C[C@@H]1CC[C@H]2[C@@H](C)C(OC(=O)/C=C/c3cc4ccccc4[nH]3)O[C@@H]3O[C@@]4(C)CC[C@@H]1[C@]32OO4. The van der Waals surface area contributed by atoms with Crippen molar-refractivity contribution in [3.8, 4) is 0 Å². The van der Waals surface area contributed by atoms with Crippen LogP contribution in [0.25, 0.3) is 17.0 Å². The van der Waals surface area contributed by atoms with Gasteiger partial charge in [0.25, 0.3) is 0 Å². The fourth-order valence-electron chi connectivity index (χ4n) is 6.50. The third-order valence-corrected chi connectivity index (χ3v) is 8.28. The smallest absolute Gasteiger partial charge is 0.333 e. The Balaban J connectivity index is 1.22. The molecule has 33 heavy (non-hydrogen) atoms. The minimum absolute atomic E-state index is 0.0451. The largest absolute Gasteiger partial charge is 0.432 e. The maximum absolute atomic E-state index is 12.7. The van der Waals surface area contributed by atoms with Crippen molar-refractivity contribution >= 4 is 22.9 Å². The van der Waals surface area contributed by atoms with Gasteiger partial charge in [-0.05, 0) is 61.6 Å². The van der Waals surface area contributed by atoms with Gasteiger partial charge in [-0.3, -0.25) is 0 Å². The summed E-state index contributed by atoms with van der Waals surface area (Å²) >= 11 is 0. The summed E-state index contributed by atoms with van der Waals surface area (Å²) in [6.07, 6.45) is 5.64.